The summed E-state index contributed by atoms with van der Waals surface area (Å²) in [4.78, 5) is 0. The maximum atomic E-state index is 9.82. The van der Waals surface area contributed by atoms with Gasteiger partial charge in [-0.2, -0.15) is 10.4 Å². The van der Waals surface area contributed by atoms with E-state index in [4.69, 9.17) is 27.2 Å². The Hall–Kier alpha value is -3.23. The molecular weight excluding hydrogens is 372 g/mol. The lowest BCUT2D eigenvalue weighted by atomic mass is 9.83. The van der Waals surface area contributed by atoms with Gasteiger partial charge >= 0.3 is 0 Å². The Morgan fingerprint density at radius 1 is 1.18 bits per heavy atom. The number of ether oxygens (including phenoxy) is 1. The monoisotopic (exact) mass is 390 g/mol. The molecule has 2 aromatic carbocycles. The molecule has 1 atom stereocenters. The van der Waals surface area contributed by atoms with Crippen LogP contribution in [-0.4, -0.2) is 9.78 Å². The first-order chi connectivity index (χ1) is 13.7. The summed E-state index contributed by atoms with van der Waals surface area (Å²) in [6.07, 6.45) is 1.67. The lowest BCUT2D eigenvalue weighted by Gasteiger charge is -2.25. The zero-order chi connectivity index (χ0) is 19.7. The van der Waals surface area contributed by atoms with Crippen LogP contribution >= 0.6 is 11.6 Å². The number of rotatable bonds is 4. The minimum absolute atomic E-state index is 0.0834. The van der Waals surface area contributed by atoms with Gasteiger partial charge in [0.1, 0.15) is 11.6 Å². The second-order valence-electron chi connectivity index (χ2n) is 6.61. The number of nitrogens with zero attached hydrogens (tertiary/aromatic N) is 3. The SMILES string of the molecule is CCCc1nn(-c2ccccc2)c2c1C(c1ccccc1Cl)C(C#N)=C(N)O2. The van der Waals surface area contributed by atoms with E-state index in [9.17, 15) is 5.26 Å². The number of allylic oxidation sites excluding steroid dienone is 1. The van der Waals surface area contributed by atoms with Crippen LogP contribution in [0.3, 0.4) is 0 Å². The van der Waals surface area contributed by atoms with Crippen molar-refractivity contribution in [3.63, 3.8) is 0 Å². The number of halogens is 1. The van der Waals surface area contributed by atoms with Gasteiger partial charge in [0.05, 0.1) is 22.9 Å². The van der Waals surface area contributed by atoms with E-state index < -0.39 is 5.92 Å². The quantitative estimate of drug-likeness (QED) is 0.700. The fourth-order valence-corrected chi connectivity index (χ4v) is 3.84. The van der Waals surface area contributed by atoms with Gasteiger partial charge in [0, 0.05) is 5.02 Å². The molecule has 0 spiro atoms. The second kappa shape index (κ2) is 7.41. The first kappa shape index (κ1) is 18.1. The van der Waals surface area contributed by atoms with Crippen LogP contribution < -0.4 is 10.5 Å². The van der Waals surface area contributed by atoms with Crippen LogP contribution in [0.1, 0.15) is 36.1 Å². The molecule has 5 nitrogen and oxygen atoms in total. The van der Waals surface area contributed by atoms with Crippen molar-refractivity contribution in [3.05, 3.63) is 87.9 Å². The van der Waals surface area contributed by atoms with Crippen molar-refractivity contribution in [2.24, 2.45) is 5.73 Å². The number of fused-ring (bicyclic) bond motifs is 1. The van der Waals surface area contributed by atoms with Crippen LogP contribution in [0.15, 0.2) is 66.1 Å². The van der Waals surface area contributed by atoms with E-state index >= 15 is 0 Å². The summed E-state index contributed by atoms with van der Waals surface area (Å²) in [6.45, 7) is 2.09. The molecule has 0 saturated carbocycles. The summed E-state index contributed by atoms with van der Waals surface area (Å²) in [7, 11) is 0. The highest BCUT2D eigenvalue weighted by Crippen LogP contribution is 2.46. The topological polar surface area (TPSA) is 76.9 Å². The summed E-state index contributed by atoms with van der Waals surface area (Å²) in [5.41, 5.74) is 9.93. The number of para-hydroxylation sites is 1. The predicted molar refractivity (Wildman–Crippen MR) is 108 cm³/mol. The molecule has 0 fully saturated rings. The van der Waals surface area contributed by atoms with Gasteiger partial charge in [-0.25, -0.2) is 4.68 Å². The van der Waals surface area contributed by atoms with E-state index in [1.54, 1.807) is 4.68 Å². The van der Waals surface area contributed by atoms with E-state index in [2.05, 4.69) is 13.0 Å². The third-order valence-electron chi connectivity index (χ3n) is 4.83. The molecule has 0 radical (unpaired) electrons. The van der Waals surface area contributed by atoms with Crippen molar-refractivity contribution in [1.29, 1.82) is 5.26 Å². The number of benzene rings is 2. The van der Waals surface area contributed by atoms with E-state index in [1.807, 2.05) is 54.6 Å². The predicted octanol–water partition coefficient (Wildman–Crippen LogP) is 4.70. The summed E-state index contributed by atoms with van der Waals surface area (Å²) in [5, 5.41) is 15.2. The molecule has 1 aliphatic heterocycles. The van der Waals surface area contributed by atoms with E-state index in [0.29, 0.717) is 16.5 Å². The van der Waals surface area contributed by atoms with Gasteiger partial charge < -0.3 is 10.5 Å². The Balaban J connectivity index is 2.01. The molecule has 0 bridgehead atoms. The zero-order valence-electron chi connectivity index (χ0n) is 15.4. The number of hydrogen-bond acceptors (Lipinski definition) is 4. The van der Waals surface area contributed by atoms with Crippen molar-refractivity contribution >= 4 is 11.6 Å². The van der Waals surface area contributed by atoms with Crippen molar-refractivity contribution in [3.8, 4) is 17.6 Å². The van der Waals surface area contributed by atoms with Crippen LogP contribution in [0.2, 0.25) is 5.02 Å². The fourth-order valence-electron chi connectivity index (χ4n) is 3.60. The summed E-state index contributed by atoms with van der Waals surface area (Å²) >= 11 is 6.51. The Bertz CT molecular complexity index is 1100. The Morgan fingerprint density at radius 2 is 1.89 bits per heavy atom. The Labute approximate surface area is 168 Å². The van der Waals surface area contributed by atoms with Gasteiger partial charge in [0.25, 0.3) is 0 Å². The van der Waals surface area contributed by atoms with Crippen LogP contribution in [0.4, 0.5) is 0 Å². The highest BCUT2D eigenvalue weighted by atomic mass is 35.5. The number of aromatic nitrogens is 2. The first-order valence-electron chi connectivity index (χ1n) is 9.15. The van der Waals surface area contributed by atoms with Crippen molar-refractivity contribution in [2.75, 3.05) is 0 Å². The molecule has 1 aliphatic rings. The molecule has 1 unspecified atom stereocenters. The minimum atomic E-state index is -0.415. The maximum Gasteiger partial charge on any atom is 0.229 e. The highest BCUT2D eigenvalue weighted by molar-refractivity contribution is 6.31. The van der Waals surface area contributed by atoms with Gasteiger partial charge in [0.2, 0.25) is 11.8 Å². The standard InChI is InChI=1S/C22H19ClN4O/c1-2-8-18-20-19(15-11-6-7-12-17(15)23)16(13-24)21(25)28-22(20)27(26-18)14-9-4-3-5-10-14/h3-7,9-12,19H,2,8,25H2,1H3. The van der Waals surface area contributed by atoms with E-state index in [-0.39, 0.29) is 5.88 Å². The average Bonchev–Trinajstić information content (AvgIpc) is 3.06. The van der Waals surface area contributed by atoms with Gasteiger partial charge in [-0.05, 0) is 30.2 Å². The maximum absolute atomic E-state index is 9.82. The van der Waals surface area contributed by atoms with Gasteiger partial charge in [-0.15, -0.1) is 0 Å². The lowest BCUT2D eigenvalue weighted by molar-refractivity contribution is 0.367. The average molecular weight is 391 g/mol. The molecule has 4 rings (SSSR count). The number of nitriles is 1. The molecular formula is C22H19ClN4O. The Morgan fingerprint density at radius 3 is 2.57 bits per heavy atom. The summed E-state index contributed by atoms with van der Waals surface area (Å²) in [6, 6.07) is 19.5. The summed E-state index contributed by atoms with van der Waals surface area (Å²) in [5.74, 6) is 0.206. The molecule has 0 saturated heterocycles. The molecule has 140 valence electrons. The zero-order valence-corrected chi connectivity index (χ0v) is 16.1. The van der Waals surface area contributed by atoms with Crippen molar-refractivity contribution in [1.82, 2.24) is 9.78 Å². The number of aryl methyl sites for hydroxylation is 1. The van der Waals surface area contributed by atoms with Crippen LogP contribution in [0.25, 0.3) is 5.69 Å². The molecule has 2 heterocycles. The van der Waals surface area contributed by atoms with Gasteiger partial charge in [0.15, 0.2) is 0 Å². The lowest BCUT2D eigenvalue weighted by Crippen LogP contribution is -2.22. The van der Waals surface area contributed by atoms with Crippen molar-refractivity contribution < 1.29 is 4.74 Å². The largest absolute Gasteiger partial charge is 0.422 e. The molecule has 1 aromatic heterocycles. The fraction of sp³-hybridized carbons (Fsp3) is 0.182. The number of nitrogens with two attached hydrogens (primary N) is 1. The van der Waals surface area contributed by atoms with Crippen LogP contribution in [-0.2, 0) is 6.42 Å². The smallest absolute Gasteiger partial charge is 0.229 e. The van der Waals surface area contributed by atoms with Gasteiger partial charge in [-0.1, -0.05) is 61.3 Å². The minimum Gasteiger partial charge on any atom is -0.422 e. The molecule has 6 heteroatoms. The molecule has 0 aliphatic carbocycles. The third kappa shape index (κ3) is 2.92. The van der Waals surface area contributed by atoms with Crippen LogP contribution in [0, 0.1) is 11.3 Å². The normalized spacial score (nSPS) is 15.7. The van der Waals surface area contributed by atoms with Gasteiger partial charge in [-0.3, -0.25) is 0 Å². The van der Waals surface area contributed by atoms with E-state index in [1.165, 1.54) is 0 Å². The second-order valence-corrected chi connectivity index (χ2v) is 7.02. The van der Waals surface area contributed by atoms with E-state index in [0.717, 1.165) is 35.3 Å². The third-order valence-corrected chi connectivity index (χ3v) is 5.17. The molecule has 2 N–H and O–H groups in total. The first-order valence-corrected chi connectivity index (χ1v) is 9.52. The number of hydrogen-bond donors (Lipinski definition) is 1. The molecule has 0 amide bonds. The molecule has 28 heavy (non-hydrogen) atoms. The Kier molecular flexibility index (Phi) is 4.81. The summed E-state index contributed by atoms with van der Waals surface area (Å²) < 4.78 is 7.69. The van der Waals surface area contributed by atoms with Crippen LogP contribution in [0.5, 0.6) is 5.88 Å². The highest BCUT2D eigenvalue weighted by Gasteiger charge is 2.37. The molecule has 3 aromatic rings. The van der Waals surface area contributed by atoms with Crippen molar-refractivity contribution in [2.45, 2.75) is 25.7 Å².